The molecule has 1 amide bonds. The second kappa shape index (κ2) is 12.5. The van der Waals surface area contributed by atoms with E-state index in [1.54, 1.807) is 37.3 Å². The van der Waals surface area contributed by atoms with E-state index in [1.807, 2.05) is 24.3 Å². The lowest BCUT2D eigenvalue weighted by Crippen LogP contribution is -2.25. The molecule has 1 N–H and O–H groups in total. The second-order valence-corrected chi connectivity index (χ2v) is 9.58. The maximum atomic E-state index is 12.5. The van der Waals surface area contributed by atoms with E-state index in [4.69, 9.17) is 18.6 Å². The van der Waals surface area contributed by atoms with Crippen molar-refractivity contribution >= 4 is 34.0 Å². The van der Waals surface area contributed by atoms with E-state index >= 15 is 0 Å². The van der Waals surface area contributed by atoms with Crippen LogP contribution in [0, 0.1) is 13.8 Å². The standard InChI is InChI=1S/C29H28BrN3O6/c1-18-5-6-19(2)33(18)23-8-10-24(11-9-23)37-17-25-12-14-27(39-25)28(34)32-31-16-21-15-22(30)7-13-26(21)38-20(3)29(35)36-4/h5-16,20H,17H2,1-4H3,(H,32,34)/b31-16+/t20-/m0/s1. The minimum absolute atomic E-state index is 0.0877. The summed E-state index contributed by atoms with van der Waals surface area (Å²) < 4.78 is 24.7. The molecule has 9 nitrogen and oxygen atoms in total. The highest BCUT2D eigenvalue weighted by atomic mass is 79.9. The number of carbonyl (C=O) groups excluding carboxylic acids is 2. The Hall–Kier alpha value is -4.31. The first-order valence-electron chi connectivity index (χ1n) is 12.1. The number of halogens is 1. The van der Waals surface area contributed by atoms with E-state index in [2.05, 4.69) is 57.0 Å². The third kappa shape index (κ3) is 6.97. The summed E-state index contributed by atoms with van der Waals surface area (Å²) in [5.41, 5.74) is 6.34. The van der Waals surface area contributed by atoms with Crippen LogP contribution in [0.1, 0.15) is 40.2 Å². The van der Waals surface area contributed by atoms with Crippen LogP contribution in [0.2, 0.25) is 0 Å². The van der Waals surface area contributed by atoms with E-state index < -0.39 is 18.0 Å². The molecule has 202 valence electrons. The van der Waals surface area contributed by atoms with Crippen molar-refractivity contribution in [3.8, 4) is 17.2 Å². The highest BCUT2D eigenvalue weighted by Gasteiger charge is 2.17. The largest absolute Gasteiger partial charge is 0.486 e. The van der Waals surface area contributed by atoms with Gasteiger partial charge < -0.3 is 23.2 Å². The van der Waals surface area contributed by atoms with Gasteiger partial charge >= 0.3 is 11.9 Å². The fourth-order valence-corrected chi connectivity index (χ4v) is 4.23. The molecular formula is C29H28BrN3O6. The van der Waals surface area contributed by atoms with Crippen LogP contribution in [0.25, 0.3) is 5.69 Å². The maximum absolute atomic E-state index is 12.5. The van der Waals surface area contributed by atoms with Gasteiger partial charge in [0.25, 0.3) is 0 Å². The summed E-state index contributed by atoms with van der Waals surface area (Å²) in [6, 6.07) is 20.3. The van der Waals surface area contributed by atoms with Crippen LogP contribution in [0.15, 0.2) is 80.7 Å². The number of methoxy groups -OCH3 is 1. The monoisotopic (exact) mass is 593 g/mol. The molecule has 2 heterocycles. The van der Waals surface area contributed by atoms with Gasteiger partial charge in [0.05, 0.1) is 13.3 Å². The first kappa shape index (κ1) is 27.7. The Morgan fingerprint density at radius 3 is 2.46 bits per heavy atom. The molecule has 0 aliphatic rings. The van der Waals surface area contributed by atoms with E-state index in [0.29, 0.717) is 22.8 Å². The lowest BCUT2D eigenvalue weighted by atomic mass is 10.2. The predicted molar refractivity (Wildman–Crippen MR) is 150 cm³/mol. The summed E-state index contributed by atoms with van der Waals surface area (Å²) in [6.45, 7) is 5.87. The van der Waals surface area contributed by atoms with Gasteiger partial charge in [-0.05, 0) is 87.5 Å². The highest BCUT2D eigenvalue weighted by molar-refractivity contribution is 9.10. The molecule has 4 rings (SSSR count). The van der Waals surface area contributed by atoms with Gasteiger partial charge in [-0.1, -0.05) is 15.9 Å². The molecule has 4 aromatic rings. The summed E-state index contributed by atoms with van der Waals surface area (Å²) in [4.78, 5) is 24.2. The number of ether oxygens (including phenoxy) is 3. The van der Waals surface area contributed by atoms with E-state index in [0.717, 1.165) is 21.5 Å². The second-order valence-electron chi connectivity index (χ2n) is 8.66. The van der Waals surface area contributed by atoms with Crippen LogP contribution < -0.4 is 14.9 Å². The number of nitrogens with zero attached hydrogens (tertiary/aromatic N) is 2. The number of nitrogens with one attached hydrogen (secondary N) is 1. The Balaban J connectivity index is 1.33. The van der Waals surface area contributed by atoms with Gasteiger partial charge in [0, 0.05) is 27.1 Å². The molecule has 10 heteroatoms. The van der Waals surface area contributed by atoms with Crippen LogP contribution >= 0.6 is 15.9 Å². The Morgan fingerprint density at radius 2 is 1.77 bits per heavy atom. The number of esters is 1. The summed E-state index contributed by atoms with van der Waals surface area (Å²) >= 11 is 3.39. The molecule has 0 aliphatic carbocycles. The third-order valence-corrected chi connectivity index (χ3v) is 6.30. The molecule has 0 spiro atoms. The fourth-order valence-electron chi connectivity index (χ4n) is 3.85. The first-order chi connectivity index (χ1) is 18.7. The minimum Gasteiger partial charge on any atom is -0.486 e. The molecule has 0 saturated carbocycles. The zero-order valence-corrected chi connectivity index (χ0v) is 23.5. The molecular weight excluding hydrogens is 566 g/mol. The number of aryl methyl sites for hydroxylation is 2. The Morgan fingerprint density at radius 1 is 1.05 bits per heavy atom. The lowest BCUT2D eigenvalue weighted by Gasteiger charge is -2.14. The zero-order chi connectivity index (χ0) is 27.9. The van der Waals surface area contributed by atoms with Gasteiger partial charge in [-0.15, -0.1) is 0 Å². The van der Waals surface area contributed by atoms with Crippen LogP contribution in [-0.2, 0) is 16.1 Å². The van der Waals surface area contributed by atoms with E-state index in [1.165, 1.54) is 13.3 Å². The van der Waals surface area contributed by atoms with Gasteiger partial charge in [-0.25, -0.2) is 10.2 Å². The molecule has 1 atom stereocenters. The van der Waals surface area contributed by atoms with Crippen molar-refractivity contribution in [3.05, 3.63) is 99.7 Å². The van der Waals surface area contributed by atoms with Gasteiger partial charge in [-0.3, -0.25) is 4.79 Å². The van der Waals surface area contributed by atoms with Crippen molar-refractivity contribution < 1.29 is 28.2 Å². The molecule has 2 aromatic carbocycles. The molecule has 0 aliphatic heterocycles. The van der Waals surface area contributed by atoms with Crippen molar-refractivity contribution in [3.63, 3.8) is 0 Å². The number of aromatic nitrogens is 1. The van der Waals surface area contributed by atoms with Crippen LogP contribution in [0.3, 0.4) is 0 Å². The van der Waals surface area contributed by atoms with Crippen molar-refractivity contribution in [1.82, 2.24) is 9.99 Å². The fraction of sp³-hybridized carbons (Fsp3) is 0.207. The predicted octanol–water partition coefficient (Wildman–Crippen LogP) is 5.73. The van der Waals surface area contributed by atoms with Crippen LogP contribution in [0.5, 0.6) is 11.5 Å². The van der Waals surface area contributed by atoms with Crippen molar-refractivity contribution in [2.45, 2.75) is 33.5 Å². The molecule has 0 radical (unpaired) electrons. The number of carbonyl (C=O) groups is 2. The summed E-state index contributed by atoms with van der Waals surface area (Å²) in [5.74, 6) is 0.625. The normalized spacial score (nSPS) is 11.8. The molecule has 2 aromatic heterocycles. The number of rotatable bonds is 10. The van der Waals surface area contributed by atoms with Gasteiger partial charge in [-0.2, -0.15) is 5.10 Å². The average molecular weight is 594 g/mol. The van der Waals surface area contributed by atoms with Crippen molar-refractivity contribution in [1.29, 1.82) is 0 Å². The molecule has 39 heavy (non-hydrogen) atoms. The Labute approximate surface area is 234 Å². The van der Waals surface area contributed by atoms with Crippen molar-refractivity contribution in [2.24, 2.45) is 5.10 Å². The highest BCUT2D eigenvalue weighted by Crippen LogP contribution is 2.24. The van der Waals surface area contributed by atoms with Crippen LogP contribution in [0.4, 0.5) is 0 Å². The molecule has 0 saturated heterocycles. The lowest BCUT2D eigenvalue weighted by molar-refractivity contribution is -0.147. The Bertz CT molecular complexity index is 1470. The number of amides is 1. The summed E-state index contributed by atoms with van der Waals surface area (Å²) in [6.07, 6.45) is 0.599. The molecule has 0 fully saturated rings. The van der Waals surface area contributed by atoms with E-state index in [-0.39, 0.29) is 12.4 Å². The number of hydrogen-bond donors (Lipinski definition) is 1. The van der Waals surface area contributed by atoms with E-state index in [9.17, 15) is 9.59 Å². The molecule has 0 unspecified atom stereocenters. The average Bonchev–Trinajstić information content (AvgIpc) is 3.54. The number of furan rings is 1. The zero-order valence-electron chi connectivity index (χ0n) is 21.9. The first-order valence-corrected chi connectivity index (χ1v) is 12.9. The summed E-state index contributed by atoms with van der Waals surface area (Å²) in [5, 5.41) is 4.00. The topological polar surface area (TPSA) is 104 Å². The van der Waals surface area contributed by atoms with Gasteiger partial charge in [0.15, 0.2) is 11.9 Å². The molecule has 0 bridgehead atoms. The SMILES string of the molecule is COC(=O)[C@H](C)Oc1ccc(Br)cc1/C=N/NC(=O)c1ccc(COc2ccc(-n3c(C)ccc3C)cc2)o1. The number of benzene rings is 2. The van der Waals surface area contributed by atoms with Crippen molar-refractivity contribution in [2.75, 3.05) is 7.11 Å². The minimum atomic E-state index is -0.813. The van der Waals surface area contributed by atoms with Crippen LogP contribution in [-0.4, -0.2) is 35.9 Å². The van der Waals surface area contributed by atoms with Gasteiger partial charge in [0.1, 0.15) is 23.9 Å². The summed E-state index contributed by atoms with van der Waals surface area (Å²) in [7, 11) is 1.29. The number of hydrogen-bond acceptors (Lipinski definition) is 7. The van der Waals surface area contributed by atoms with Gasteiger partial charge in [0.2, 0.25) is 0 Å². The maximum Gasteiger partial charge on any atom is 0.346 e. The smallest absolute Gasteiger partial charge is 0.346 e. The Kier molecular flexibility index (Phi) is 8.88. The number of hydrazone groups is 1. The quantitative estimate of drug-likeness (QED) is 0.143. The third-order valence-electron chi connectivity index (χ3n) is 5.81.